The maximum Gasteiger partial charge on any atom is 0.323 e. The van der Waals surface area contributed by atoms with Gasteiger partial charge in [0, 0.05) is 0 Å². The Labute approximate surface area is 97.7 Å². The van der Waals surface area contributed by atoms with Gasteiger partial charge in [0.2, 0.25) is 0 Å². The smallest absolute Gasteiger partial charge is 0.323 e. The fourth-order valence-corrected chi connectivity index (χ4v) is 3.31. The normalized spacial score (nSPS) is 34.2. The Hall–Kier alpha value is -0.570. The van der Waals surface area contributed by atoms with Crippen LogP contribution in [0.2, 0.25) is 0 Å². The van der Waals surface area contributed by atoms with Crippen molar-refractivity contribution in [3.63, 3.8) is 0 Å². The zero-order valence-electron chi connectivity index (χ0n) is 10.4. The van der Waals surface area contributed by atoms with Gasteiger partial charge in [0.05, 0.1) is 7.11 Å². The van der Waals surface area contributed by atoms with Crippen LogP contribution in [0.1, 0.15) is 45.4 Å². The quantitative estimate of drug-likeness (QED) is 0.748. The largest absolute Gasteiger partial charge is 0.468 e. The van der Waals surface area contributed by atoms with Gasteiger partial charge < -0.3 is 10.5 Å². The maximum atomic E-state index is 11.6. The predicted octanol–water partition coefficient (Wildman–Crippen LogP) is 2.09. The highest BCUT2D eigenvalue weighted by molar-refractivity contribution is 5.77. The van der Waals surface area contributed by atoms with E-state index < -0.39 is 6.04 Å². The number of methoxy groups -OCH3 is 1. The van der Waals surface area contributed by atoms with Crippen LogP contribution in [0.5, 0.6) is 0 Å². The first-order valence-electron chi connectivity index (χ1n) is 6.43. The molecule has 0 amide bonds. The van der Waals surface area contributed by atoms with Crippen LogP contribution in [0, 0.1) is 17.3 Å². The molecule has 0 aromatic carbocycles. The number of carbonyl (C=O) groups is 1. The molecule has 0 aromatic rings. The van der Waals surface area contributed by atoms with E-state index in [1.807, 2.05) is 0 Å². The summed E-state index contributed by atoms with van der Waals surface area (Å²) in [4.78, 5) is 11.6. The first-order chi connectivity index (χ1) is 7.60. The van der Waals surface area contributed by atoms with Crippen LogP contribution in [-0.2, 0) is 9.53 Å². The summed E-state index contributed by atoms with van der Waals surface area (Å²) in [5.74, 6) is 1.27. The molecule has 2 saturated carbocycles. The molecule has 2 aliphatic rings. The lowest BCUT2D eigenvalue weighted by molar-refractivity contribution is -0.144. The average molecular weight is 225 g/mol. The van der Waals surface area contributed by atoms with Gasteiger partial charge in [-0.05, 0) is 42.9 Å². The lowest BCUT2D eigenvalue weighted by Gasteiger charge is -2.35. The van der Waals surface area contributed by atoms with E-state index in [1.54, 1.807) is 0 Å². The molecule has 2 N–H and O–H groups in total. The fraction of sp³-hybridized carbons (Fsp3) is 0.923. The van der Waals surface area contributed by atoms with Gasteiger partial charge in [-0.15, -0.1) is 0 Å². The van der Waals surface area contributed by atoms with Gasteiger partial charge in [-0.2, -0.15) is 0 Å². The lowest BCUT2D eigenvalue weighted by atomic mass is 9.71. The molecule has 3 nitrogen and oxygen atoms in total. The highest BCUT2D eigenvalue weighted by Gasteiger charge is 2.56. The van der Waals surface area contributed by atoms with E-state index in [9.17, 15) is 4.79 Å². The molecule has 0 aromatic heterocycles. The molecule has 0 spiro atoms. The van der Waals surface area contributed by atoms with Crippen molar-refractivity contribution in [2.75, 3.05) is 7.11 Å². The Morgan fingerprint density at radius 3 is 2.31 bits per heavy atom. The van der Waals surface area contributed by atoms with E-state index in [2.05, 4.69) is 6.92 Å². The Morgan fingerprint density at radius 2 is 1.88 bits per heavy atom. The third-order valence-electron chi connectivity index (χ3n) is 4.73. The van der Waals surface area contributed by atoms with Crippen LogP contribution in [0.25, 0.3) is 0 Å². The van der Waals surface area contributed by atoms with Gasteiger partial charge in [0.25, 0.3) is 0 Å². The molecular formula is C13H23NO2. The number of ether oxygens (including phenoxy) is 1. The molecule has 2 aliphatic carbocycles. The number of esters is 1. The Bertz CT molecular complexity index is 265. The molecule has 16 heavy (non-hydrogen) atoms. The van der Waals surface area contributed by atoms with Gasteiger partial charge in [-0.3, -0.25) is 4.79 Å². The summed E-state index contributed by atoms with van der Waals surface area (Å²) in [6.45, 7) is 2.32. The zero-order chi connectivity index (χ0) is 11.8. The fourth-order valence-electron chi connectivity index (χ4n) is 3.31. The minimum absolute atomic E-state index is 0.0905. The summed E-state index contributed by atoms with van der Waals surface area (Å²) >= 11 is 0. The number of carbonyl (C=O) groups excluding carboxylic acids is 1. The Morgan fingerprint density at radius 1 is 1.31 bits per heavy atom. The highest BCUT2D eigenvalue weighted by atomic mass is 16.5. The third-order valence-corrected chi connectivity index (χ3v) is 4.73. The van der Waals surface area contributed by atoms with Crippen molar-refractivity contribution in [2.24, 2.45) is 23.0 Å². The van der Waals surface area contributed by atoms with Crippen LogP contribution in [0.4, 0.5) is 0 Å². The molecule has 0 radical (unpaired) electrons. The molecule has 92 valence electrons. The highest BCUT2D eigenvalue weighted by Crippen LogP contribution is 2.58. The summed E-state index contributed by atoms with van der Waals surface area (Å²) in [6, 6.07) is -0.393. The van der Waals surface area contributed by atoms with Crippen LogP contribution < -0.4 is 5.73 Å². The lowest BCUT2D eigenvalue weighted by Crippen LogP contribution is -2.44. The van der Waals surface area contributed by atoms with Gasteiger partial charge in [-0.25, -0.2) is 0 Å². The molecule has 0 aliphatic heterocycles. The molecule has 0 bridgehead atoms. The first-order valence-corrected chi connectivity index (χ1v) is 6.43. The second-order valence-electron chi connectivity index (χ2n) is 5.69. The average Bonchev–Trinajstić information content (AvgIpc) is 3.09. The predicted molar refractivity (Wildman–Crippen MR) is 62.8 cm³/mol. The summed E-state index contributed by atoms with van der Waals surface area (Å²) in [5, 5.41) is 0. The van der Waals surface area contributed by atoms with Crippen molar-refractivity contribution in [1.82, 2.24) is 0 Å². The van der Waals surface area contributed by atoms with Crippen molar-refractivity contribution < 1.29 is 9.53 Å². The van der Waals surface area contributed by atoms with Gasteiger partial charge >= 0.3 is 5.97 Å². The van der Waals surface area contributed by atoms with E-state index in [1.165, 1.54) is 32.8 Å². The Kier molecular flexibility index (Phi) is 3.24. The van der Waals surface area contributed by atoms with E-state index in [4.69, 9.17) is 10.5 Å². The van der Waals surface area contributed by atoms with Gasteiger partial charge in [0.1, 0.15) is 6.04 Å². The van der Waals surface area contributed by atoms with Crippen LogP contribution in [0.3, 0.4) is 0 Å². The van der Waals surface area contributed by atoms with E-state index in [0.29, 0.717) is 5.92 Å². The standard InChI is InChI=1S/C13H23NO2/c1-9-3-5-10(6-4-9)13(7-8-13)11(14)12(15)16-2/h9-11H,3-8,14H2,1-2H3. The molecular weight excluding hydrogens is 202 g/mol. The molecule has 0 saturated heterocycles. The van der Waals surface area contributed by atoms with Crippen molar-refractivity contribution in [2.45, 2.75) is 51.5 Å². The maximum absolute atomic E-state index is 11.6. The van der Waals surface area contributed by atoms with Crippen LogP contribution >= 0.6 is 0 Å². The monoisotopic (exact) mass is 225 g/mol. The number of nitrogens with two attached hydrogens (primary N) is 1. The summed E-state index contributed by atoms with van der Waals surface area (Å²) in [7, 11) is 1.43. The molecule has 0 heterocycles. The van der Waals surface area contributed by atoms with Crippen molar-refractivity contribution in [3.8, 4) is 0 Å². The topological polar surface area (TPSA) is 52.3 Å². The van der Waals surface area contributed by atoms with Gasteiger partial charge in [-0.1, -0.05) is 19.8 Å². The summed E-state index contributed by atoms with van der Waals surface area (Å²) in [6.07, 6.45) is 7.29. The number of rotatable bonds is 3. The summed E-state index contributed by atoms with van der Waals surface area (Å²) in [5.41, 5.74) is 6.15. The van der Waals surface area contributed by atoms with Crippen LogP contribution in [-0.4, -0.2) is 19.1 Å². The minimum Gasteiger partial charge on any atom is -0.468 e. The summed E-state index contributed by atoms with van der Waals surface area (Å²) < 4.78 is 4.79. The third kappa shape index (κ3) is 1.97. The second-order valence-corrected chi connectivity index (χ2v) is 5.69. The first kappa shape index (κ1) is 11.9. The van der Waals surface area contributed by atoms with Crippen molar-refractivity contribution >= 4 is 5.97 Å². The Balaban J connectivity index is 2.00. The van der Waals surface area contributed by atoms with Crippen molar-refractivity contribution in [3.05, 3.63) is 0 Å². The zero-order valence-corrected chi connectivity index (χ0v) is 10.4. The number of hydrogen-bond donors (Lipinski definition) is 1. The van der Waals surface area contributed by atoms with Crippen LogP contribution in [0.15, 0.2) is 0 Å². The second kappa shape index (κ2) is 4.36. The molecule has 1 atom stereocenters. The van der Waals surface area contributed by atoms with E-state index >= 15 is 0 Å². The van der Waals surface area contributed by atoms with E-state index in [-0.39, 0.29) is 11.4 Å². The molecule has 2 rings (SSSR count). The molecule has 3 heteroatoms. The molecule has 1 unspecified atom stereocenters. The van der Waals surface area contributed by atoms with Crippen molar-refractivity contribution in [1.29, 1.82) is 0 Å². The minimum atomic E-state index is -0.393. The SMILES string of the molecule is COC(=O)C(N)C1(C2CCC(C)CC2)CC1. The van der Waals surface area contributed by atoms with E-state index in [0.717, 1.165) is 18.8 Å². The molecule has 2 fully saturated rings. The number of hydrogen-bond acceptors (Lipinski definition) is 3. The van der Waals surface area contributed by atoms with Gasteiger partial charge in [0.15, 0.2) is 0 Å².